The lowest BCUT2D eigenvalue weighted by molar-refractivity contribution is -0.216. The highest BCUT2D eigenvalue weighted by Gasteiger charge is 2.58. The lowest BCUT2D eigenvalue weighted by Crippen LogP contribution is -2.48. The Bertz CT molecular complexity index is 2140. The Kier molecular flexibility index (Phi) is 11.4. The zero-order valence-corrected chi connectivity index (χ0v) is 31.6. The van der Waals surface area contributed by atoms with Gasteiger partial charge in [0.25, 0.3) is 5.56 Å². The van der Waals surface area contributed by atoms with Crippen molar-refractivity contribution in [2.24, 2.45) is 0 Å². The molecule has 2 saturated heterocycles. The van der Waals surface area contributed by atoms with Crippen LogP contribution in [0, 0.1) is 5.82 Å². The van der Waals surface area contributed by atoms with E-state index in [1.165, 1.54) is 6.07 Å². The molecule has 6 unspecified atom stereocenters. The summed E-state index contributed by atoms with van der Waals surface area (Å²) in [6.45, 7) is 11.8. The fourth-order valence-electron chi connectivity index (χ4n) is 7.77. The normalized spacial score (nSPS) is 25.4. The van der Waals surface area contributed by atoms with Crippen LogP contribution in [0.2, 0.25) is 0 Å². The quantitative estimate of drug-likeness (QED) is 0.150. The maximum atomic E-state index is 14.3. The number of nitrogens with one attached hydrogen (secondary N) is 1. The molecule has 0 amide bonds. The average Bonchev–Trinajstić information content (AvgIpc) is 3.63. The first kappa shape index (κ1) is 39.8. The summed E-state index contributed by atoms with van der Waals surface area (Å²) < 4.78 is 54.8. The number of rotatable bonds is 13. The third-order valence-electron chi connectivity index (χ3n) is 10.2. The Hall–Kier alpha value is -4.87. The molecule has 1 aromatic carbocycles. The summed E-state index contributed by atoms with van der Waals surface area (Å²) in [5.74, 6) is -4.12. The molecule has 1 N–H and O–H groups in total. The molecule has 3 aliphatic rings. The van der Waals surface area contributed by atoms with Gasteiger partial charge in [-0.15, -0.1) is 0 Å². The summed E-state index contributed by atoms with van der Waals surface area (Å²) in [7, 11) is 0. The average molecular weight is 772 g/mol. The molecule has 0 saturated carbocycles. The van der Waals surface area contributed by atoms with Crippen LogP contribution < -0.4 is 21.8 Å². The molecule has 5 heterocycles. The molecular weight excluding hydrogens is 725 g/mol. The number of nitrogens with zero attached hydrogens (tertiary/aromatic N) is 2. The maximum Gasteiger partial charge on any atom is 0.351 e. The number of esters is 3. The molecule has 6 atom stereocenters. The number of hydrogen-bond acceptors (Lipinski definition) is 14. The molecule has 6 rings (SSSR count). The van der Waals surface area contributed by atoms with Gasteiger partial charge < -0.3 is 37.7 Å². The third kappa shape index (κ3) is 8.23. The Balaban J connectivity index is 1.14. The van der Waals surface area contributed by atoms with E-state index >= 15 is 0 Å². The van der Waals surface area contributed by atoms with E-state index in [-0.39, 0.29) is 56.1 Å². The molecule has 2 fully saturated rings. The van der Waals surface area contributed by atoms with Crippen LogP contribution in [0.4, 0.5) is 10.1 Å². The minimum Gasteiger partial charge on any atom is -0.466 e. The third-order valence-corrected chi connectivity index (χ3v) is 10.2. The molecular formula is C38H46FN3O13. The van der Waals surface area contributed by atoms with Crippen LogP contribution in [0.25, 0.3) is 11.0 Å². The Labute approximate surface area is 314 Å². The second kappa shape index (κ2) is 15.7. The van der Waals surface area contributed by atoms with Crippen molar-refractivity contribution in [3.05, 3.63) is 72.6 Å². The van der Waals surface area contributed by atoms with Crippen LogP contribution in [-0.2, 0) is 38.0 Å². The first-order chi connectivity index (χ1) is 26.0. The number of carbonyl (C=O) groups excluding carboxylic acids is 3. The number of aromatic nitrogens is 2. The number of carbonyl (C=O) groups is 3. The first-order valence-electron chi connectivity index (χ1n) is 18.4. The highest BCUT2D eigenvalue weighted by Crippen LogP contribution is 2.46. The molecule has 298 valence electrons. The minimum atomic E-state index is -1.32. The van der Waals surface area contributed by atoms with Crippen molar-refractivity contribution in [3.8, 4) is 0 Å². The molecule has 3 aromatic rings. The predicted molar refractivity (Wildman–Crippen MR) is 192 cm³/mol. The van der Waals surface area contributed by atoms with Gasteiger partial charge in [0.15, 0.2) is 12.0 Å². The van der Waals surface area contributed by atoms with Crippen molar-refractivity contribution < 1.29 is 51.6 Å². The molecule has 0 radical (unpaired) electrons. The maximum absolute atomic E-state index is 14.3. The number of ether oxygens (including phenoxy) is 6. The summed E-state index contributed by atoms with van der Waals surface area (Å²) in [5, 5.41) is 0.599. The van der Waals surface area contributed by atoms with Gasteiger partial charge >= 0.3 is 29.2 Å². The van der Waals surface area contributed by atoms with Crippen molar-refractivity contribution in [3.63, 3.8) is 0 Å². The van der Waals surface area contributed by atoms with Gasteiger partial charge in [0.2, 0.25) is 5.82 Å². The van der Waals surface area contributed by atoms with Gasteiger partial charge in [0.1, 0.15) is 36.1 Å². The molecule has 16 nitrogen and oxygen atoms in total. The fraction of sp³-hybridized carbons (Fsp3) is 0.579. The highest BCUT2D eigenvalue weighted by atomic mass is 19.1. The van der Waals surface area contributed by atoms with Gasteiger partial charge in [-0.05, 0) is 71.1 Å². The van der Waals surface area contributed by atoms with E-state index in [1.807, 2.05) is 11.1 Å². The smallest absolute Gasteiger partial charge is 0.351 e. The van der Waals surface area contributed by atoms with Crippen molar-refractivity contribution in [1.29, 1.82) is 0 Å². The summed E-state index contributed by atoms with van der Waals surface area (Å²) >= 11 is 0. The van der Waals surface area contributed by atoms with E-state index in [0.29, 0.717) is 30.1 Å². The van der Waals surface area contributed by atoms with Crippen molar-refractivity contribution >= 4 is 34.6 Å². The number of benzene rings is 1. The van der Waals surface area contributed by atoms with E-state index in [1.54, 1.807) is 26.8 Å². The van der Waals surface area contributed by atoms with Crippen molar-refractivity contribution in [2.45, 2.75) is 115 Å². The van der Waals surface area contributed by atoms with Gasteiger partial charge in [0, 0.05) is 42.1 Å². The van der Waals surface area contributed by atoms with Gasteiger partial charge in [-0.3, -0.25) is 23.9 Å². The molecule has 2 aromatic heterocycles. The highest BCUT2D eigenvalue weighted by molar-refractivity contribution is 5.94. The fourth-order valence-corrected chi connectivity index (χ4v) is 7.77. The molecule has 3 aliphatic heterocycles. The topological polar surface area (TPSA) is 195 Å². The lowest BCUT2D eigenvalue weighted by atomic mass is 9.79. The van der Waals surface area contributed by atoms with E-state index in [9.17, 15) is 33.2 Å². The number of H-pyrrole nitrogens is 1. The Morgan fingerprint density at radius 3 is 2.40 bits per heavy atom. The van der Waals surface area contributed by atoms with Crippen LogP contribution in [0.3, 0.4) is 0 Å². The molecule has 0 spiro atoms. The van der Waals surface area contributed by atoms with Crippen LogP contribution in [0.15, 0.2) is 43.2 Å². The van der Waals surface area contributed by atoms with Crippen LogP contribution >= 0.6 is 0 Å². The molecule has 0 bridgehead atoms. The van der Waals surface area contributed by atoms with Crippen molar-refractivity contribution in [2.75, 3.05) is 31.3 Å². The summed E-state index contributed by atoms with van der Waals surface area (Å²) in [6, 6.07) is 5.21. The minimum absolute atomic E-state index is 0.0273. The zero-order chi connectivity index (χ0) is 39.8. The number of anilines is 1. The molecule has 0 aliphatic carbocycles. The Morgan fingerprint density at radius 2 is 1.67 bits per heavy atom. The molecule has 55 heavy (non-hydrogen) atoms. The predicted octanol–water partition coefficient (Wildman–Crippen LogP) is 3.82. The standard InChI is InChI=1S/C38H46FN3O13/c1-7-49-29(44)11-12-38(6)54-30-27(52-33(31(30)55-38)41-18-24(39)32(45)40-36(41)48)19-51-28(43)10-9-13-42-25-16-26-21(14-22(25)20(3)17-37(42,4)5)15-23(35(47)53-26)34(46)50-8-2/h14-16,18,20,27,30-31,33H,7-13,17,19H2,1-6H3,(H,40,45,48). The zero-order valence-electron chi connectivity index (χ0n) is 31.6. The van der Waals surface area contributed by atoms with Crippen molar-refractivity contribution in [1.82, 2.24) is 9.55 Å². The second-order valence-electron chi connectivity index (χ2n) is 14.8. The van der Waals surface area contributed by atoms with Gasteiger partial charge in [-0.1, -0.05) is 6.92 Å². The van der Waals surface area contributed by atoms with Crippen LogP contribution in [0.1, 0.15) is 102 Å². The number of hydrogen-bond donors (Lipinski definition) is 1. The van der Waals surface area contributed by atoms with Gasteiger partial charge in [-0.25, -0.2) is 14.4 Å². The van der Waals surface area contributed by atoms with E-state index in [2.05, 4.69) is 25.7 Å². The van der Waals surface area contributed by atoms with E-state index in [0.717, 1.165) is 22.2 Å². The lowest BCUT2D eigenvalue weighted by Gasteiger charge is -2.47. The SMILES string of the molecule is CCOC(=O)CCC1(C)OC2C(COC(=O)CCCN3c4cc5oc(=O)c(C(=O)OCC)cc5cc4C(C)CC3(C)C)OC(n3cc(F)c(=O)[nH]c3=O)C2O1. The number of halogens is 1. The van der Waals surface area contributed by atoms with Gasteiger partial charge in [0.05, 0.1) is 25.8 Å². The van der Waals surface area contributed by atoms with E-state index < -0.39 is 70.9 Å². The van der Waals surface area contributed by atoms with Crippen LogP contribution in [0.5, 0.6) is 0 Å². The van der Waals surface area contributed by atoms with Gasteiger partial charge in [-0.2, -0.15) is 4.39 Å². The largest absolute Gasteiger partial charge is 0.466 e. The first-order valence-corrected chi connectivity index (χ1v) is 18.4. The molecule has 17 heteroatoms. The number of fused-ring (bicyclic) bond motifs is 3. The number of aromatic amines is 1. The summed E-state index contributed by atoms with van der Waals surface area (Å²) in [5.41, 5.74) is -1.24. The van der Waals surface area contributed by atoms with Crippen LogP contribution in [-0.4, -0.2) is 83.5 Å². The second-order valence-corrected chi connectivity index (χ2v) is 14.8. The van der Waals surface area contributed by atoms with E-state index in [4.69, 9.17) is 32.8 Å². The monoisotopic (exact) mass is 771 g/mol. The Morgan fingerprint density at radius 1 is 0.964 bits per heavy atom. The summed E-state index contributed by atoms with van der Waals surface area (Å²) in [4.78, 5) is 78.7. The summed E-state index contributed by atoms with van der Waals surface area (Å²) in [6.07, 6.45) is -2.06.